The Hall–Kier alpha value is -0.530. The predicted molar refractivity (Wildman–Crippen MR) is 70.7 cm³/mol. The molecule has 1 saturated carbocycles. The average molecular weight is 237 g/mol. The van der Waals surface area contributed by atoms with Crippen molar-refractivity contribution in [2.24, 2.45) is 17.3 Å². The summed E-state index contributed by atoms with van der Waals surface area (Å²) < 4.78 is 0. The van der Waals surface area contributed by atoms with Crippen LogP contribution in [0.15, 0.2) is 0 Å². The van der Waals surface area contributed by atoms with E-state index >= 15 is 0 Å². The first-order chi connectivity index (χ1) is 7.93. The highest BCUT2D eigenvalue weighted by molar-refractivity contribution is 5.79. The summed E-state index contributed by atoms with van der Waals surface area (Å²) in [6, 6.07) is 0.379. The average Bonchev–Trinajstić information content (AvgIpc) is 2.56. The van der Waals surface area contributed by atoms with Crippen LogP contribution in [0.5, 0.6) is 0 Å². The highest BCUT2D eigenvalue weighted by Gasteiger charge is 2.45. The summed E-state index contributed by atoms with van der Waals surface area (Å²) in [5, 5.41) is 0. The minimum atomic E-state index is 0.340. The second-order valence-electron chi connectivity index (χ2n) is 6.87. The zero-order chi connectivity index (χ0) is 12.6. The molecule has 0 aromatic heterocycles. The number of hydrogen-bond donors (Lipinski definition) is 0. The van der Waals surface area contributed by atoms with Gasteiger partial charge in [-0.3, -0.25) is 4.79 Å². The summed E-state index contributed by atoms with van der Waals surface area (Å²) in [7, 11) is 0. The molecule has 0 bridgehead atoms. The zero-order valence-electron chi connectivity index (χ0n) is 11.8. The molecule has 2 nitrogen and oxygen atoms in total. The SMILES string of the molecule is CC(C)C1CCC2(CC1)CC(=O)N(C(C)C)C2. The lowest BCUT2D eigenvalue weighted by molar-refractivity contribution is -0.129. The fourth-order valence-electron chi connectivity index (χ4n) is 3.65. The van der Waals surface area contributed by atoms with E-state index in [-0.39, 0.29) is 0 Å². The van der Waals surface area contributed by atoms with Gasteiger partial charge in [-0.05, 0) is 56.8 Å². The fourth-order valence-corrected chi connectivity index (χ4v) is 3.65. The summed E-state index contributed by atoms with van der Waals surface area (Å²) in [5.74, 6) is 2.09. The Morgan fingerprint density at radius 3 is 2.18 bits per heavy atom. The summed E-state index contributed by atoms with van der Waals surface area (Å²) in [4.78, 5) is 14.1. The molecule has 2 aliphatic rings. The van der Waals surface area contributed by atoms with Gasteiger partial charge in [0, 0.05) is 19.0 Å². The van der Waals surface area contributed by atoms with Gasteiger partial charge in [0.15, 0.2) is 0 Å². The lowest BCUT2D eigenvalue weighted by Crippen LogP contribution is -2.36. The van der Waals surface area contributed by atoms with Crippen LogP contribution in [-0.4, -0.2) is 23.4 Å². The van der Waals surface area contributed by atoms with Crippen LogP contribution >= 0.6 is 0 Å². The van der Waals surface area contributed by atoms with Crippen molar-refractivity contribution in [2.75, 3.05) is 6.54 Å². The van der Waals surface area contributed by atoms with E-state index in [0.29, 0.717) is 17.4 Å². The largest absolute Gasteiger partial charge is 0.340 e. The van der Waals surface area contributed by atoms with E-state index in [4.69, 9.17) is 0 Å². The van der Waals surface area contributed by atoms with E-state index in [1.807, 2.05) is 0 Å². The van der Waals surface area contributed by atoms with Crippen LogP contribution in [0.3, 0.4) is 0 Å². The first-order valence-corrected chi connectivity index (χ1v) is 7.23. The van der Waals surface area contributed by atoms with E-state index in [0.717, 1.165) is 24.8 Å². The molecule has 17 heavy (non-hydrogen) atoms. The van der Waals surface area contributed by atoms with Crippen molar-refractivity contribution in [3.63, 3.8) is 0 Å². The molecule has 1 spiro atoms. The molecule has 0 aromatic rings. The lowest BCUT2D eigenvalue weighted by Gasteiger charge is -2.38. The summed E-state index contributed by atoms with van der Waals surface area (Å²) in [6.07, 6.45) is 6.01. The molecule has 98 valence electrons. The molecule has 1 aliphatic carbocycles. The van der Waals surface area contributed by atoms with Crippen LogP contribution in [0.4, 0.5) is 0 Å². The Kier molecular flexibility index (Phi) is 3.51. The fraction of sp³-hybridized carbons (Fsp3) is 0.933. The van der Waals surface area contributed by atoms with Gasteiger partial charge in [0.1, 0.15) is 0 Å². The normalized spacial score (nSPS) is 34.4. The molecule has 0 aromatic carbocycles. The molecule has 2 fully saturated rings. The summed E-state index contributed by atoms with van der Waals surface area (Å²) >= 11 is 0. The highest BCUT2D eigenvalue weighted by Crippen LogP contribution is 2.47. The molecule has 1 saturated heterocycles. The van der Waals surface area contributed by atoms with Crippen molar-refractivity contribution in [3.05, 3.63) is 0 Å². The smallest absolute Gasteiger partial charge is 0.223 e. The number of amides is 1. The third-order valence-electron chi connectivity index (χ3n) is 5.01. The molecule has 1 amide bonds. The molecule has 0 N–H and O–H groups in total. The van der Waals surface area contributed by atoms with E-state index in [1.165, 1.54) is 25.7 Å². The third-order valence-corrected chi connectivity index (χ3v) is 5.01. The van der Waals surface area contributed by atoms with Gasteiger partial charge in [0.2, 0.25) is 5.91 Å². The van der Waals surface area contributed by atoms with Gasteiger partial charge >= 0.3 is 0 Å². The first kappa shape index (κ1) is 12.9. The molecular weight excluding hydrogens is 210 g/mol. The van der Waals surface area contributed by atoms with Crippen LogP contribution in [0.1, 0.15) is 59.8 Å². The Morgan fingerprint density at radius 1 is 1.18 bits per heavy atom. The van der Waals surface area contributed by atoms with Crippen LogP contribution in [0, 0.1) is 17.3 Å². The number of carbonyl (C=O) groups is 1. The van der Waals surface area contributed by atoms with Crippen LogP contribution < -0.4 is 0 Å². The monoisotopic (exact) mass is 237 g/mol. The lowest BCUT2D eigenvalue weighted by atomic mass is 9.67. The van der Waals surface area contributed by atoms with Crippen LogP contribution in [-0.2, 0) is 4.79 Å². The maximum atomic E-state index is 12.0. The van der Waals surface area contributed by atoms with Gasteiger partial charge in [0.25, 0.3) is 0 Å². The molecule has 1 heterocycles. The van der Waals surface area contributed by atoms with E-state index in [2.05, 4.69) is 32.6 Å². The van der Waals surface area contributed by atoms with Gasteiger partial charge in [0.05, 0.1) is 0 Å². The van der Waals surface area contributed by atoms with E-state index < -0.39 is 0 Å². The number of hydrogen-bond acceptors (Lipinski definition) is 1. The Labute approximate surface area is 106 Å². The number of carbonyl (C=O) groups excluding carboxylic acids is 1. The molecule has 0 radical (unpaired) electrons. The molecule has 2 heteroatoms. The summed E-state index contributed by atoms with van der Waals surface area (Å²) in [5.41, 5.74) is 0.340. The van der Waals surface area contributed by atoms with Gasteiger partial charge < -0.3 is 4.90 Å². The number of likely N-dealkylation sites (tertiary alicyclic amines) is 1. The Bertz CT molecular complexity index is 287. The van der Waals surface area contributed by atoms with Gasteiger partial charge in [-0.25, -0.2) is 0 Å². The van der Waals surface area contributed by atoms with Crippen molar-refractivity contribution >= 4 is 5.91 Å². The molecule has 0 atom stereocenters. The zero-order valence-corrected chi connectivity index (χ0v) is 11.8. The van der Waals surface area contributed by atoms with Crippen molar-refractivity contribution in [1.29, 1.82) is 0 Å². The van der Waals surface area contributed by atoms with Crippen molar-refractivity contribution in [3.8, 4) is 0 Å². The minimum Gasteiger partial charge on any atom is -0.340 e. The maximum Gasteiger partial charge on any atom is 0.223 e. The molecule has 2 rings (SSSR count). The number of rotatable bonds is 2. The summed E-state index contributed by atoms with van der Waals surface area (Å²) in [6.45, 7) is 9.97. The standard InChI is InChI=1S/C15H27NO/c1-11(2)13-5-7-15(8-6-13)9-14(17)16(10-15)12(3)4/h11-13H,5-10H2,1-4H3. The quantitative estimate of drug-likeness (QED) is 0.720. The highest BCUT2D eigenvalue weighted by atomic mass is 16.2. The van der Waals surface area contributed by atoms with Crippen LogP contribution in [0.2, 0.25) is 0 Å². The minimum absolute atomic E-state index is 0.340. The van der Waals surface area contributed by atoms with Gasteiger partial charge in [-0.1, -0.05) is 13.8 Å². The van der Waals surface area contributed by atoms with Gasteiger partial charge in [-0.2, -0.15) is 0 Å². The topological polar surface area (TPSA) is 20.3 Å². The Morgan fingerprint density at radius 2 is 1.76 bits per heavy atom. The second-order valence-corrected chi connectivity index (χ2v) is 6.87. The van der Waals surface area contributed by atoms with Gasteiger partial charge in [-0.15, -0.1) is 0 Å². The molecule has 0 unspecified atom stereocenters. The van der Waals surface area contributed by atoms with E-state index in [1.54, 1.807) is 0 Å². The third kappa shape index (κ3) is 2.51. The maximum absolute atomic E-state index is 12.0. The Balaban J connectivity index is 1.98. The van der Waals surface area contributed by atoms with E-state index in [9.17, 15) is 4.79 Å². The predicted octanol–water partition coefficient (Wildman–Crippen LogP) is 3.46. The number of nitrogens with zero attached hydrogens (tertiary/aromatic N) is 1. The van der Waals surface area contributed by atoms with Crippen molar-refractivity contribution in [1.82, 2.24) is 4.90 Å². The first-order valence-electron chi connectivity index (χ1n) is 7.23. The van der Waals surface area contributed by atoms with Crippen molar-refractivity contribution < 1.29 is 4.79 Å². The van der Waals surface area contributed by atoms with Crippen LogP contribution in [0.25, 0.3) is 0 Å². The second kappa shape index (κ2) is 4.62. The molecular formula is C15H27NO. The van der Waals surface area contributed by atoms with Crippen molar-refractivity contribution in [2.45, 2.75) is 65.8 Å². The molecule has 1 aliphatic heterocycles.